The number of para-hydroxylation sites is 1. The fourth-order valence-electron chi connectivity index (χ4n) is 2.14. The Bertz CT molecular complexity index is 690. The summed E-state index contributed by atoms with van der Waals surface area (Å²) in [6, 6.07) is 9.81. The van der Waals surface area contributed by atoms with Gasteiger partial charge in [0.2, 0.25) is 0 Å². The molecule has 2 amide bonds. The van der Waals surface area contributed by atoms with Crippen molar-refractivity contribution in [3.05, 3.63) is 59.7 Å². The summed E-state index contributed by atoms with van der Waals surface area (Å²) in [4.78, 5) is 11.9. The summed E-state index contributed by atoms with van der Waals surface area (Å²) in [7, 11) is 3.05. The Morgan fingerprint density at radius 3 is 2.42 bits per heavy atom. The van der Waals surface area contributed by atoms with Crippen LogP contribution in [-0.2, 0) is 4.74 Å². The number of carbonyl (C=O) groups is 1. The number of benzene rings is 2. The Labute approximate surface area is 138 Å². The van der Waals surface area contributed by atoms with Crippen LogP contribution in [0.2, 0.25) is 0 Å². The van der Waals surface area contributed by atoms with Gasteiger partial charge in [0.1, 0.15) is 23.1 Å². The van der Waals surface area contributed by atoms with Crippen molar-refractivity contribution in [3.63, 3.8) is 0 Å². The number of anilines is 1. The van der Waals surface area contributed by atoms with Gasteiger partial charge >= 0.3 is 6.03 Å². The van der Waals surface area contributed by atoms with Crippen LogP contribution >= 0.6 is 0 Å². The first kappa shape index (κ1) is 17.7. The maximum atomic E-state index is 13.5. The molecule has 0 aliphatic carbocycles. The second-order valence-electron chi connectivity index (χ2n) is 4.93. The highest BCUT2D eigenvalue weighted by Crippen LogP contribution is 2.21. The third-order valence-electron chi connectivity index (χ3n) is 3.40. The smallest absolute Gasteiger partial charge is 0.319 e. The van der Waals surface area contributed by atoms with Crippen LogP contribution in [-0.4, -0.2) is 26.8 Å². The van der Waals surface area contributed by atoms with E-state index in [-0.39, 0.29) is 6.54 Å². The number of carbonyl (C=O) groups excluding carboxylic acids is 1. The quantitative estimate of drug-likeness (QED) is 0.849. The minimum atomic E-state index is -0.846. The fraction of sp³-hybridized carbons (Fsp3) is 0.235. The molecule has 0 aliphatic heterocycles. The van der Waals surface area contributed by atoms with Crippen LogP contribution in [0.3, 0.4) is 0 Å². The van der Waals surface area contributed by atoms with Gasteiger partial charge in [-0.15, -0.1) is 0 Å². The van der Waals surface area contributed by atoms with Crippen LogP contribution in [0.15, 0.2) is 42.5 Å². The van der Waals surface area contributed by atoms with Gasteiger partial charge in [-0.1, -0.05) is 18.2 Å². The van der Waals surface area contributed by atoms with E-state index >= 15 is 0 Å². The minimum absolute atomic E-state index is 0.117. The van der Waals surface area contributed by atoms with Crippen molar-refractivity contribution in [2.24, 2.45) is 0 Å². The lowest BCUT2D eigenvalue weighted by molar-refractivity contribution is 0.104. The number of methoxy groups -OCH3 is 2. The van der Waals surface area contributed by atoms with E-state index in [0.717, 1.165) is 17.7 Å². The van der Waals surface area contributed by atoms with Gasteiger partial charge in [-0.05, 0) is 29.8 Å². The molecule has 0 spiro atoms. The summed E-state index contributed by atoms with van der Waals surface area (Å²) in [5.41, 5.74) is 0.305. The van der Waals surface area contributed by atoms with E-state index in [4.69, 9.17) is 9.47 Å². The average Bonchev–Trinajstić information content (AvgIpc) is 2.59. The highest BCUT2D eigenvalue weighted by atomic mass is 19.1. The third kappa shape index (κ3) is 4.42. The number of amides is 2. The number of hydrogen-bond donors (Lipinski definition) is 2. The number of nitrogens with one attached hydrogen (secondary N) is 2. The first-order valence-electron chi connectivity index (χ1n) is 7.20. The van der Waals surface area contributed by atoms with Gasteiger partial charge in [0.15, 0.2) is 0 Å². The van der Waals surface area contributed by atoms with E-state index in [9.17, 15) is 13.6 Å². The Morgan fingerprint density at radius 1 is 1.12 bits per heavy atom. The molecule has 0 heterocycles. The average molecular weight is 336 g/mol. The van der Waals surface area contributed by atoms with Crippen LogP contribution < -0.4 is 15.4 Å². The van der Waals surface area contributed by atoms with Gasteiger partial charge in [0.05, 0.1) is 13.2 Å². The van der Waals surface area contributed by atoms with Crippen molar-refractivity contribution in [1.29, 1.82) is 0 Å². The van der Waals surface area contributed by atoms with Gasteiger partial charge in [0, 0.05) is 13.7 Å². The highest BCUT2D eigenvalue weighted by molar-refractivity contribution is 5.89. The largest absolute Gasteiger partial charge is 0.497 e. The van der Waals surface area contributed by atoms with Crippen LogP contribution in [0.5, 0.6) is 5.75 Å². The normalized spacial score (nSPS) is 11.7. The van der Waals surface area contributed by atoms with Crippen molar-refractivity contribution >= 4 is 11.7 Å². The molecule has 7 heteroatoms. The van der Waals surface area contributed by atoms with E-state index in [2.05, 4.69) is 10.6 Å². The van der Waals surface area contributed by atoms with Gasteiger partial charge < -0.3 is 20.1 Å². The zero-order valence-electron chi connectivity index (χ0n) is 13.3. The molecule has 0 saturated heterocycles. The molecule has 0 saturated carbocycles. The van der Waals surface area contributed by atoms with Crippen molar-refractivity contribution in [2.45, 2.75) is 6.10 Å². The third-order valence-corrected chi connectivity index (χ3v) is 3.40. The number of ether oxygens (including phenoxy) is 2. The molecule has 1 atom stereocenters. The van der Waals surface area contributed by atoms with Crippen molar-refractivity contribution < 1.29 is 23.0 Å². The van der Waals surface area contributed by atoms with E-state index < -0.39 is 29.5 Å². The van der Waals surface area contributed by atoms with Crippen molar-refractivity contribution in [2.75, 3.05) is 26.1 Å². The molecule has 128 valence electrons. The predicted octanol–water partition coefficient (Wildman–Crippen LogP) is 3.48. The first-order valence-corrected chi connectivity index (χ1v) is 7.20. The second-order valence-corrected chi connectivity index (χ2v) is 4.93. The van der Waals surface area contributed by atoms with Crippen LogP contribution in [0.1, 0.15) is 11.7 Å². The SMILES string of the molecule is COc1cccc([C@H](CNC(=O)Nc2c(F)cccc2F)OC)c1. The predicted molar refractivity (Wildman–Crippen MR) is 86.1 cm³/mol. The molecule has 2 rings (SSSR count). The second kappa shape index (κ2) is 8.26. The Balaban J connectivity index is 1.98. The molecule has 2 aromatic carbocycles. The van der Waals surface area contributed by atoms with Crippen molar-refractivity contribution in [3.8, 4) is 5.75 Å². The Hall–Kier alpha value is -2.67. The zero-order valence-corrected chi connectivity index (χ0v) is 13.3. The molecular formula is C17H18F2N2O3. The van der Waals surface area contributed by atoms with E-state index in [1.54, 1.807) is 25.3 Å². The molecule has 0 unspecified atom stereocenters. The standard InChI is InChI=1S/C17H18F2N2O3/c1-23-12-6-3-5-11(9-12)15(24-2)10-20-17(22)21-16-13(18)7-4-8-14(16)19/h3-9,15H,10H2,1-2H3,(H2,20,21,22)/t15-/m0/s1. The molecule has 2 N–H and O–H groups in total. The van der Waals surface area contributed by atoms with Crippen molar-refractivity contribution in [1.82, 2.24) is 5.32 Å². The number of rotatable bonds is 6. The van der Waals surface area contributed by atoms with E-state index in [1.165, 1.54) is 13.2 Å². The lowest BCUT2D eigenvalue weighted by Gasteiger charge is -2.17. The lowest BCUT2D eigenvalue weighted by atomic mass is 10.1. The molecular weight excluding hydrogens is 318 g/mol. The Morgan fingerprint density at radius 2 is 1.79 bits per heavy atom. The summed E-state index contributed by atoms with van der Waals surface area (Å²) < 4.78 is 37.5. The number of hydrogen-bond acceptors (Lipinski definition) is 3. The molecule has 0 aromatic heterocycles. The fourth-order valence-corrected chi connectivity index (χ4v) is 2.14. The molecule has 5 nitrogen and oxygen atoms in total. The van der Waals surface area contributed by atoms with Crippen LogP contribution in [0.25, 0.3) is 0 Å². The topological polar surface area (TPSA) is 59.6 Å². The van der Waals surface area contributed by atoms with Gasteiger partial charge in [-0.3, -0.25) is 0 Å². The maximum Gasteiger partial charge on any atom is 0.319 e. The summed E-state index contributed by atoms with van der Waals surface area (Å²) in [5, 5.41) is 4.68. The number of urea groups is 1. The van der Waals surface area contributed by atoms with Crippen LogP contribution in [0, 0.1) is 11.6 Å². The maximum absolute atomic E-state index is 13.5. The molecule has 2 aromatic rings. The summed E-state index contributed by atoms with van der Waals surface area (Å²) in [6.45, 7) is 0.117. The number of halogens is 2. The summed E-state index contributed by atoms with van der Waals surface area (Å²) in [6.07, 6.45) is -0.434. The van der Waals surface area contributed by atoms with Gasteiger partial charge in [-0.25, -0.2) is 13.6 Å². The summed E-state index contributed by atoms with van der Waals surface area (Å²) >= 11 is 0. The molecule has 24 heavy (non-hydrogen) atoms. The minimum Gasteiger partial charge on any atom is -0.497 e. The van der Waals surface area contributed by atoms with Gasteiger partial charge in [-0.2, -0.15) is 0 Å². The molecule has 0 aliphatic rings. The van der Waals surface area contributed by atoms with Gasteiger partial charge in [0.25, 0.3) is 0 Å². The van der Waals surface area contributed by atoms with E-state index in [0.29, 0.717) is 5.75 Å². The molecule has 0 fully saturated rings. The molecule has 0 bridgehead atoms. The first-order chi connectivity index (χ1) is 11.5. The zero-order chi connectivity index (χ0) is 17.5. The van der Waals surface area contributed by atoms with E-state index in [1.807, 2.05) is 6.07 Å². The highest BCUT2D eigenvalue weighted by Gasteiger charge is 2.15. The lowest BCUT2D eigenvalue weighted by Crippen LogP contribution is -2.33. The Kier molecular flexibility index (Phi) is 6.08. The monoisotopic (exact) mass is 336 g/mol. The summed E-state index contributed by atoms with van der Waals surface area (Å²) in [5.74, 6) is -1.03. The van der Waals surface area contributed by atoms with Crippen LogP contribution in [0.4, 0.5) is 19.3 Å². The molecule has 0 radical (unpaired) electrons.